The first kappa shape index (κ1) is 20.3. The maximum absolute atomic E-state index is 9.81. The zero-order valence-electron chi connectivity index (χ0n) is 17.7. The number of para-hydroxylation sites is 1. The van der Waals surface area contributed by atoms with Gasteiger partial charge >= 0.3 is 0 Å². The third-order valence-corrected chi connectivity index (χ3v) is 5.91. The number of benzene rings is 2. The minimum Gasteiger partial charge on any atom is -0.508 e. The minimum absolute atomic E-state index is 0.0328. The summed E-state index contributed by atoms with van der Waals surface area (Å²) in [5.74, 6) is 1.56. The quantitative estimate of drug-likeness (QED) is 0.414. The average molecular weight is 431 g/mol. The second-order valence-corrected chi connectivity index (χ2v) is 8.01. The number of fused-ring (bicyclic) bond motifs is 1. The van der Waals surface area contributed by atoms with Crippen molar-refractivity contribution in [2.75, 3.05) is 29.9 Å². The van der Waals surface area contributed by atoms with Crippen molar-refractivity contribution < 1.29 is 10.2 Å². The summed E-state index contributed by atoms with van der Waals surface area (Å²) in [6.07, 6.45) is 4.49. The van der Waals surface area contributed by atoms with Crippen molar-refractivity contribution >= 4 is 22.9 Å². The first-order valence-electron chi connectivity index (χ1n) is 10.9. The minimum atomic E-state index is 0.0328. The van der Waals surface area contributed by atoms with Crippen LogP contribution in [0.3, 0.4) is 0 Å². The fraction of sp³-hybridized carbons (Fsp3) is 0.292. The first-order valence-corrected chi connectivity index (χ1v) is 10.9. The number of aliphatic hydroxyl groups excluding tert-OH is 1. The van der Waals surface area contributed by atoms with Gasteiger partial charge in [0, 0.05) is 18.8 Å². The monoisotopic (exact) mass is 430 g/mol. The summed E-state index contributed by atoms with van der Waals surface area (Å²) in [5.41, 5.74) is 3.55. The van der Waals surface area contributed by atoms with E-state index >= 15 is 0 Å². The molecule has 0 radical (unpaired) electrons. The van der Waals surface area contributed by atoms with Gasteiger partial charge in [0.1, 0.15) is 12.1 Å². The average Bonchev–Trinajstić information content (AvgIpc) is 3.48. The fourth-order valence-corrected chi connectivity index (χ4v) is 4.19. The summed E-state index contributed by atoms with van der Waals surface area (Å²) < 4.78 is 1.97. The standard InChI is InChI=1S/C24H26N6O2/c31-15-19-7-4-14-29(19)24-27-22(25-13-12-17-8-10-20(32)11-9-17)21-23(28-24)30(16-26-21)18-5-2-1-3-6-18/h1-3,5-6,8-11,16,19,31-32H,4,7,12-15H2,(H,25,27,28). The van der Waals surface area contributed by atoms with E-state index in [-0.39, 0.29) is 18.4 Å². The van der Waals surface area contributed by atoms with Gasteiger partial charge in [-0.2, -0.15) is 9.97 Å². The summed E-state index contributed by atoms with van der Waals surface area (Å²) >= 11 is 0. The number of nitrogens with zero attached hydrogens (tertiary/aromatic N) is 5. The van der Waals surface area contributed by atoms with Crippen LogP contribution in [0.25, 0.3) is 16.9 Å². The van der Waals surface area contributed by atoms with Crippen LogP contribution in [0.2, 0.25) is 0 Å². The number of nitrogens with one attached hydrogen (secondary N) is 1. The zero-order valence-corrected chi connectivity index (χ0v) is 17.7. The molecule has 0 saturated carbocycles. The highest BCUT2D eigenvalue weighted by molar-refractivity contribution is 5.85. The summed E-state index contributed by atoms with van der Waals surface area (Å²) in [5, 5.41) is 22.7. The Labute approximate surface area is 186 Å². The summed E-state index contributed by atoms with van der Waals surface area (Å²) in [4.78, 5) is 16.4. The summed E-state index contributed by atoms with van der Waals surface area (Å²) in [6, 6.07) is 17.3. The molecule has 32 heavy (non-hydrogen) atoms. The van der Waals surface area contributed by atoms with Crippen LogP contribution in [-0.4, -0.2) is 55.5 Å². The van der Waals surface area contributed by atoms with Crippen molar-refractivity contribution in [3.8, 4) is 11.4 Å². The summed E-state index contributed by atoms with van der Waals surface area (Å²) in [6.45, 7) is 1.57. The van der Waals surface area contributed by atoms with Gasteiger partial charge in [-0.3, -0.25) is 4.57 Å². The lowest BCUT2D eigenvalue weighted by atomic mass is 10.1. The first-order chi connectivity index (χ1) is 15.7. The van der Waals surface area contributed by atoms with Gasteiger partial charge < -0.3 is 20.4 Å². The molecule has 3 heterocycles. The van der Waals surface area contributed by atoms with E-state index in [1.165, 1.54) is 0 Å². The second kappa shape index (κ2) is 8.84. The van der Waals surface area contributed by atoms with E-state index in [9.17, 15) is 10.2 Å². The molecule has 1 unspecified atom stereocenters. The largest absolute Gasteiger partial charge is 0.508 e. The molecule has 3 N–H and O–H groups in total. The van der Waals surface area contributed by atoms with Gasteiger partial charge in [-0.05, 0) is 49.1 Å². The molecule has 8 nitrogen and oxygen atoms in total. The van der Waals surface area contributed by atoms with Crippen LogP contribution in [0.5, 0.6) is 5.75 Å². The molecule has 2 aromatic heterocycles. The fourth-order valence-electron chi connectivity index (χ4n) is 4.19. The molecule has 2 aromatic carbocycles. The van der Waals surface area contributed by atoms with E-state index in [4.69, 9.17) is 9.97 Å². The lowest BCUT2D eigenvalue weighted by Gasteiger charge is -2.23. The molecule has 0 spiro atoms. The highest BCUT2D eigenvalue weighted by atomic mass is 16.3. The predicted octanol–water partition coefficient (Wildman–Crippen LogP) is 3.14. The second-order valence-electron chi connectivity index (χ2n) is 8.01. The normalized spacial score (nSPS) is 16.0. The van der Waals surface area contributed by atoms with Gasteiger partial charge in [-0.25, -0.2) is 4.98 Å². The molecule has 1 saturated heterocycles. The molecular weight excluding hydrogens is 404 g/mol. The number of anilines is 2. The number of aliphatic hydroxyl groups is 1. The maximum Gasteiger partial charge on any atom is 0.229 e. The molecule has 1 atom stereocenters. The van der Waals surface area contributed by atoms with Crippen molar-refractivity contribution in [1.29, 1.82) is 0 Å². The maximum atomic E-state index is 9.81. The van der Waals surface area contributed by atoms with E-state index in [0.717, 1.165) is 42.7 Å². The Morgan fingerprint density at radius 3 is 2.62 bits per heavy atom. The number of aromatic nitrogens is 4. The van der Waals surface area contributed by atoms with E-state index in [1.807, 2.05) is 47.0 Å². The molecule has 1 fully saturated rings. The number of hydrogen-bond acceptors (Lipinski definition) is 7. The van der Waals surface area contributed by atoms with Gasteiger partial charge in [0.15, 0.2) is 17.0 Å². The van der Waals surface area contributed by atoms with Crippen LogP contribution in [-0.2, 0) is 6.42 Å². The highest BCUT2D eigenvalue weighted by Gasteiger charge is 2.27. The van der Waals surface area contributed by atoms with E-state index in [1.54, 1.807) is 18.5 Å². The van der Waals surface area contributed by atoms with Gasteiger partial charge in [0.2, 0.25) is 5.95 Å². The highest BCUT2D eigenvalue weighted by Crippen LogP contribution is 2.28. The molecule has 1 aliphatic heterocycles. The van der Waals surface area contributed by atoms with Crippen LogP contribution in [0.4, 0.5) is 11.8 Å². The van der Waals surface area contributed by atoms with Crippen LogP contribution in [0.1, 0.15) is 18.4 Å². The van der Waals surface area contributed by atoms with E-state index in [0.29, 0.717) is 23.8 Å². The van der Waals surface area contributed by atoms with Gasteiger partial charge in [0.05, 0.1) is 12.6 Å². The Kier molecular flexibility index (Phi) is 5.60. The van der Waals surface area contributed by atoms with Crippen molar-refractivity contribution in [3.05, 3.63) is 66.5 Å². The lowest BCUT2D eigenvalue weighted by molar-refractivity contribution is 0.265. The van der Waals surface area contributed by atoms with Crippen molar-refractivity contribution in [2.45, 2.75) is 25.3 Å². The predicted molar refractivity (Wildman–Crippen MR) is 124 cm³/mol. The van der Waals surface area contributed by atoms with Crippen molar-refractivity contribution in [2.24, 2.45) is 0 Å². The topological polar surface area (TPSA) is 99.3 Å². The number of hydrogen-bond donors (Lipinski definition) is 3. The van der Waals surface area contributed by atoms with E-state index in [2.05, 4.69) is 15.2 Å². The Morgan fingerprint density at radius 2 is 1.84 bits per heavy atom. The molecule has 5 rings (SSSR count). The zero-order chi connectivity index (χ0) is 21.9. The van der Waals surface area contributed by atoms with Crippen LogP contribution in [0.15, 0.2) is 60.9 Å². The Hall–Kier alpha value is -3.65. The molecule has 0 bridgehead atoms. The van der Waals surface area contributed by atoms with Gasteiger partial charge in [0.25, 0.3) is 0 Å². The molecule has 4 aromatic rings. The van der Waals surface area contributed by atoms with Crippen molar-refractivity contribution in [1.82, 2.24) is 19.5 Å². The van der Waals surface area contributed by atoms with Crippen LogP contribution in [0, 0.1) is 0 Å². The molecule has 1 aliphatic rings. The van der Waals surface area contributed by atoms with Gasteiger partial charge in [-0.1, -0.05) is 30.3 Å². The third-order valence-electron chi connectivity index (χ3n) is 5.91. The molecule has 0 aliphatic carbocycles. The number of imidazole rings is 1. The molecule has 164 valence electrons. The third kappa shape index (κ3) is 3.97. The summed E-state index contributed by atoms with van der Waals surface area (Å²) in [7, 11) is 0. The van der Waals surface area contributed by atoms with Crippen LogP contribution < -0.4 is 10.2 Å². The molecule has 0 amide bonds. The van der Waals surface area contributed by atoms with E-state index < -0.39 is 0 Å². The Bertz CT molecular complexity index is 1190. The van der Waals surface area contributed by atoms with Crippen molar-refractivity contribution in [3.63, 3.8) is 0 Å². The number of rotatable bonds is 7. The number of phenolic OH excluding ortho intramolecular Hbond substituents is 1. The Morgan fingerprint density at radius 1 is 1.03 bits per heavy atom. The van der Waals surface area contributed by atoms with Crippen LogP contribution >= 0.6 is 0 Å². The number of phenols is 1. The Balaban J connectivity index is 1.50. The molecular formula is C24H26N6O2. The lowest BCUT2D eigenvalue weighted by Crippen LogP contribution is -2.33. The molecule has 8 heteroatoms. The SMILES string of the molecule is OCC1CCCN1c1nc(NCCc2ccc(O)cc2)c2ncn(-c3ccccc3)c2n1. The van der Waals surface area contributed by atoms with Gasteiger partial charge in [-0.15, -0.1) is 0 Å². The number of aromatic hydroxyl groups is 1. The smallest absolute Gasteiger partial charge is 0.229 e.